The van der Waals surface area contributed by atoms with Crippen LogP contribution in [0.3, 0.4) is 0 Å². The van der Waals surface area contributed by atoms with Crippen molar-refractivity contribution in [3.05, 3.63) is 17.5 Å². The van der Waals surface area contributed by atoms with E-state index in [4.69, 9.17) is 9.26 Å². The summed E-state index contributed by atoms with van der Waals surface area (Å²) in [6, 6.07) is 0. The zero-order valence-electron chi connectivity index (χ0n) is 13.7. The quantitative estimate of drug-likeness (QED) is 0.893. The molecule has 1 aromatic rings. The summed E-state index contributed by atoms with van der Waals surface area (Å²) in [6.45, 7) is 10.1. The number of nitrogens with zero attached hydrogens (tertiary/aromatic N) is 1. The molecule has 1 aromatic heterocycles. The Labute approximate surface area is 131 Å². The highest BCUT2D eigenvalue weighted by Crippen LogP contribution is 2.62. The van der Waals surface area contributed by atoms with Crippen LogP contribution in [-0.4, -0.2) is 36.5 Å². The topological polar surface area (TPSA) is 76.4 Å². The summed E-state index contributed by atoms with van der Waals surface area (Å²) in [4.78, 5) is 12.0. The van der Waals surface area contributed by atoms with Crippen LogP contribution in [0.15, 0.2) is 10.8 Å². The number of hydrogen-bond donors (Lipinski definition) is 2. The Morgan fingerprint density at radius 3 is 2.86 bits per heavy atom. The monoisotopic (exact) mass is 307 g/mol. The fourth-order valence-electron chi connectivity index (χ4n) is 3.87. The Morgan fingerprint density at radius 2 is 2.32 bits per heavy atom. The lowest BCUT2D eigenvalue weighted by atomic mass is 9.94. The van der Waals surface area contributed by atoms with E-state index in [9.17, 15) is 4.79 Å². The second kappa shape index (κ2) is 5.26. The highest BCUT2D eigenvalue weighted by Gasteiger charge is 2.67. The van der Waals surface area contributed by atoms with Crippen LogP contribution in [0.1, 0.15) is 38.4 Å². The Kier molecular flexibility index (Phi) is 3.67. The van der Waals surface area contributed by atoms with Gasteiger partial charge in [0.05, 0.1) is 5.69 Å². The molecule has 0 spiro atoms. The van der Waals surface area contributed by atoms with Gasteiger partial charge in [-0.3, -0.25) is 0 Å². The minimum Gasteiger partial charge on any atom is -0.444 e. The maximum absolute atomic E-state index is 12.0. The first kappa shape index (κ1) is 15.3. The molecule has 6 nitrogen and oxygen atoms in total. The molecule has 2 N–H and O–H groups in total. The maximum atomic E-state index is 12.0. The van der Waals surface area contributed by atoms with E-state index in [1.165, 1.54) is 0 Å². The van der Waals surface area contributed by atoms with Crippen molar-refractivity contribution < 1.29 is 14.1 Å². The molecule has 3 unspecified atom stereocenters. The van der Waals surface area contributed by atoms with Gasteiger partial charge in [-0.15, -0.1) is 0 Å². The third-order valence-electron chi connectivity index (χ3n) is 4.81. The third-order valence-corrected chi connectivity index (χ3v) is 4.81. The van der Waals surface area contributed by atoms with Crippen LogP contribution in [-0.2, 0) is 10.2 Å². The van der Waals surface area contributed by atoms with Crippen LogP contribution in [0, 0.1) is 18.8 Å². The Hall–Kier alpha value is -1.56. The molecule has 3 atom stereocenters. The first-order valence-electron chi connectivity index (χ1n) is 7.93. The fourth-order valence-corrected chi connectivity index (χ4v) is 3.87. The number of carbonyl (C=O) groups is 1. The van der Waals surface area contributed by atoms with E-state index in [2.05, 4.69) is 15.8 Å². The summed E-state index contributed by atoms with van der Waals surface area (Å²) >= 11 is 0. The molecule has 1 amide bonds. The smallest absolute Gasteiger partial charge is 0.407 e. The summed E-state index contributed by atoms with van der Waals surface area (Å²) in [5.41, 5.74) is 1.44. The lowest BCUT2D eigenvalue weighted by molar-refractivity contribution is 0.0520. The first-order valence-corrected chi connectivity index (χ1v) is 7.93. The van der Waals surface area contributed by atoms with E-state index in [0.29, 0.717) is 18.4 Å². The SMILES string of the molecule is Cc1conc1C1(CNC(=O)OC(C)(C)C)C2CCNCC21. The number of piperidine rings is 1. The van der Waals surface area contributed by atoms with Crippen molar-refractivity contribution in [3.63, 3.8) is 0 Å². The zero-order valence-corrected chi connectivity index (χ0v) is 13.7. The number of aryl methyl sites for hydroxylation is 1. The summed E-state index contributed by atoms with van der Waals surface area (Å²) in [7, 11) is 0. The average Bonchev–Trinajstić information content (AvgIpc) is 2.88. The van der Waals surface area contributed by atoms with E-state index >= 15 is 0 Å². The molecular weight excluding hydrogens is 282 g/mol. The number of carbonyl (C=O) groups excluding carboxylic acids is 1. The van der Waals surface area contributed by atoms with Crippen molar-refractivity contribution in [2.45, 2.75) is 45.1 Å². The minimum atomic E-state index is -0.487. The van der Waals surface area contributed by atoms with E-state index in [0.717, 1.165) is 30.8 Å². The van der Waals surface area contributed by atoms with E-state index in [1.807, 2.05) is 27.7 Å². The molecular formula is C16H25N3O3. The third kappa shape index (κ3) is 2.60. The fraction of sp³-hybridized carbons (Fsp3) is 0.750. The van der Waals surface area contributed by atoms with Gasteiger partial charge in [-0.1, -0.05) is 5.16 Å². The van der Waals surface area contributed by atoms with Gasteiger partial charge in [-0.05, 0) is 59.0 Å². The Balaban J connectivity index is 1.75. The van der Waals surface area contributed by atoms with Crippen molar-refractivity contribution in [2.75, 3.05) is 19.6 Å². The van der Waals surface area contributed by atoms with Crippen molar-refractivity contribution in [2.24, 2.45) is 11.8 Å². The second-order valence-electron chi connectivity index (χ2n) is 7.45. The highest BCUT2D eigenvalue weighted by atomic mass is 16.6. The van der Waals surface area contributed by atoms with Gasteiger partial charge in [-0.25, -0.2) is 4.79 Å². The van der Waals surface area contributed by atoms with Crippen molar-refractivity contribution >= 4 is 6.09 Å². The molecule has 22 heavy (non-hydrogen) atoms. The lowest BCUT2D eigenvalue weighted by Crippen LogP contribution is -2.38. The van der Waals surface area contributed by atoms with E-state index in [-0.39, 0.29) is 11.5 Å². The van der Waals surface area contributed by atoms with Crippen molar-refractivity contribution in [1.29, 1.82) is 0 Å². The van der Waals surface area contributed by atoms with Crippen LogP contribution in [0.2, 0.25) is 0 Å². The number of rotatable bonds is 3. The lowest BCUT2D eigenvalue weighted by Gasteiger charge is -2.22. The van der Waals surface area contributed by atoms with E-state index < -0.39 is 5.60 Å². The van der Waals surface area contributed by atoms with Crippen LogP contribution < -0.4 is 10.6 Å². The highest BCUT2D eigenvalue weighted by molar-refractivity contribution is 5.68. The molecule has 2 heterocycles. The van der Waals surface area contributed by atoms with Crippen LogP contribution in [0.5, 0.6) is 0 Å². The number of aromatic nitrogens is 1. The van der Waals surface area contributed by atoms with Gasteiger partial charge in [0, 0.05) is 17.5 Å². The standard InChI is InChI=1S/C16H25N3O3/c1-10-8-21-19-13(10)16(11-5-6-17-7-12(11)16)9-18-14(20)22-15(2,3)4/h8,11-12,17H,5-7,9H2,1-4H3,(H,18,20). The van der Waals surface area contributed by atoms with Gasteiger partial charge in [-0.2, -0.15) is 0 Å². The molecule has 2 aliphatic rings. The molecule has 1 aliphatic heterocycles. The van der Waals surface area contributed by atoms with Crippen LogP contribution >= 0.6 is 0 Å². The minimum absolute atomic E-state index is 0.114. The number of alkyl carbamates (subject to hydrolysis) is 1. The Morgan fingerprint density at radius 1 is 1.55 bits per heavy atom. The normalized spacial score (nSPS) is 30.5. The van der Waals surface area contributed by atoms with Crippen molar-refractivity contribution in [1.82, 2.24) is 15.8 Å². The van der Waals surface area contributed by atoms with Crippen molar-refractivity contribution in [3.8, 4) is 0 Å². The predicted octanol–water partition coefficient (Wildman–Crippen LogP) is 1.98. The first-order chi connectivity index (χ1) is 10.3. The van der Waals surface area contributed by atoms with Gasteiger partial charge in [0.15, 0.2) is 0 Å². The van der Waals surface area contributed by atoms with Gasteiger partial charge in [0.25, 0.3) is 0 Å². The largest absolute Gasteiger partial charge is 0.444 e. The second-order valence-corrected chi connectivity index (χ2v) is 7.45. The number of nitrogens with one attached hydrogen (secondary N) is 2. The molecule has 1 aliphatic carbocycles. The molecule has 0 bridgehead atoms. The summed E-state index contributed by atoms with van der Waals surface area (Å²) in [5.74, 6) is 1.05. The van der Waals surface area contributed by atoms with Gasteiger partial charge in [0.2, 0.25) is 0 Å². The molecule has 0 radical (unpaired) electrons. The molecule has 3 rings (SSSR count). The number of hydrogen-bond acceptors (Lipinski definition) is 5. The van der Waals surface area contributed by atoms with Gasteiger partial charge >= 0.3 is 6.09 Å². The maximum Gasteiger partial charge on any atom is 0.407 e. The summed E-state index contributed by atoms with van der Waals surface area (Å²) < 4.78 is 10.5. The molecule has 1 saturated carbocycles. The molecule has 2 fully saturated rings. The number of amides is 1. The average molecular weight is 307 g/mol. The summed E-state index contributed by atoms with van der Waals surface area (Å²) in [5, 5.41) is 10.6. The Bertz CT molecular complexity index is 549. The predicted molar refractivity (Wildman–Crippen MR) is 81.6 cm³/mol. The number of ether oxygens (including phenoxy) is 1. The zero-order chi connectivity index (χ0) is 16.0. The number of fused-ring (bicyclic) bond motifs is 1. The van der Waals surface area contributed by atoms with E-state index in [1.54, 1.807) is 6.26 Å². The van der Waals surface area contributed by atoms with Gasteiger partial charge in [0.1, 0.15) is 11.9 Å². The van der Waals surface area contributed by atoms with Crippen LogP contribution in [0.25, 0.3) is 0 Å². The molecule has 1 saturated heterocycles. The summed E-state index contributed by atoms with van der Waals surface area (Å²) in [6.07, 6.45) is 2.42. The molecule has 6 heteroatoms. The molecule has 0 aromatic carbocycles. The van der Waals surface area contributed by atoms with Crippen LogP contribution in [0.4, 0.5) is 4.79 Å². The molecule has 122 valence electrons. The van der Waals surface area contributed by atoms with Gasteiger partial charge < -0.3 is 19.9 Å².